The summed E-state index contributed by atoms with van der Waals surface area (Å²) in [5.41, 5.74) is 0.518. The zero-order valence-electron chi connectivity index (χ0n) is 11.5. The fraction of sp³-hybridized carbons (Fsp3) is 0.214. The molecule has 7 nitrogen and oxygen atoms in total. The first-order valence-corrected chi connectivity index (χ1v) is 6.35. The lowest BCUT2D eigenvalue weighted by molar-refractivity contribution is -0.139. The lowest BCUT2D eigenvalue weighted by Gasteiger charge is -2.21. The summed E-state index contributed by atoms with van der Waals surface area (Å²) < 4.78 is 0. The number of rotatable bonds is 5. The lowest BCUT2D eigenvalue weighted by Crippen LogP contribution is -2.41. The van der Waals surface area contributed by atoms with E-state index in [1.165, 1.54) is 4.90 Å². The van der Waals surface area contributed by atoms with Crippen molar-refractivity contribution in [1.29, 1.82) is 0 Å². The molecule has 0 spiro atoms. The van der Waals surface area contributed by atoms with E-state index in [2.05, 4.69) is 15.3 Å². The van der Waals surface area contributed by atoms with Gasteiger partial charge in [0.05, 0.1) is 6.54 Å². The molecular formula is C14H16N4O3. The Morgan fingerprint density at radius 2 is 2.10 bits per heavy atom. The van der Waals surface area contributed by atoms with Crippen molar-refractivity contribution < 1.29 is 14.7 Å². The fourth-order valence-electron chi connectivity index (χ4n) is 1.85. The number of hydrogen-bond acceptors (Lipinski definition) is 3. The smallest absolute Gasteiger partial charge is 0.330 e. The SMILES string of the molecule is CN(Cc1ncc[nH]1)C(=O)NC(C(=O)O)c1ccccc1. The largest absolute Gasteiger partial charge is 0.479 e. The number of carboxylic acid groups (broad SMARTS) is 1. The number of imidazole rings is 1. The van der Waals surface area contributed by atoms with Crippen LogP contribution in [0.5, 0.6) is 0 Å². The number of carboxylic acids is 1. The third kappa shape index (κ3) is 3.82. The number of carbonyl (C=O) groups excluding carboxylic acids is 1. The van der Waals surface area contributed by atoms with E-state index in [0.717, 1.165) is 0 Å². The van der Waals surface area contributed by atoms with E-state index in [1.807, 2.05) is 0 Å². The number of nitrogens with one attached hydrogen (secondary N) is 2. The third-order valence-electron chi connectivity index (χ3n) is 2.94. The van der Waals surface area contributed by atoms with Gasteiger partial charge in [0.15, 0.2) is 6.04 Å². The number of carbonyl (C=O) groups is 2. The number of H-pyrrole nitrogens is 1. The van der Waals surface area contributed by atoms with Gasteiger partial charge in [-0.25, -0.2) is 14.6 Å². The number of aromatic amines is 1. The van der Waals surface area contributed by atoms with Gasteiger partial charge >= 0.3 is 12.0 Å². The van der Waals surface area contributed by atoms with Gasteiger partial charge in [-0.3, -0.25) is 0 Å². The molecule has 3 N–H and O–H groups in total. The summed E-state index contributed by atoms with van der Waals surface area (Å²) in [4.78, 5) is 31.6. The lowest BCUT2D eigenvalue weighted by atomic mass is 10.1. The van der Waals surface area contributed by atoms with Crippen LogP contribution in [-0.4, -0.2) is 39.0 Å². The maximum absolute atomic E-state index is 12.1. The molecule has 0 aliphatic carbocycles. The monoisotopic (exact) mass is 288 g/mol. The van der Waals surface area contributed by atoms with Crippen molar-refractivity contribution in [2.75, 3.05) is 7.05 Å². The van der Waals surface area contributed by atoms with Gasteiger partial charge in [-0.2, -0.15) is 0 Å². The van der Waals surface area contributed by atoms with Crippen molar-refractivity contribution in [2.24, 2.45) is 0 Å². The molecule has 0 bridgehead atoms. The fourth-order valence-corrected chi connectivity index (χ4v) is 1.85. The van der Waals surface area contributed by atoms with Crippen LogP contribution in [0.25, 0.3) is 0 Å². The first-order valence-electron chi connectivity index (χ1n) is 6.35. The second-order valence-electron chi connectivity index (χ2n) is 4.52. The summed E-state index contributed by atoms with van der Waals surface area (Å²) >= 11 is 0. The highest BCUT2D eigenvalue weighted by Gasteiger charge is 2.23. The molecule has 0 saturated carbocycles. The number of hydrogen-bond donors (Lipinski definition) is 3. The van der Waals surface area contributed by atoms with Gasteiger partial charge in [0.2, 0.25) is 0 Å². The van der Waals surface area contributed by atoms with Crippen LogP contribution in [-0.2, 0) is 11.3 Å². The summed E-state index contributed by atoms with van der Waals surface area (Å²) in [6, 6.07) is 6.98. The predicted molar refractivity (Wildman–Crippen MR) is 75.4 cm³/mol. The normalized spacial score (nSPS) is 11.7. The molecular weight excluding hydrogens is 272 g/mol. The summed E-state index contributed by atoms with van der Waals surface area (Å²) in [6.45, 7) is 0.264. The summed E-state index contributed by atoms with van der Waals surface area (Å²) in [5.74, 6) is -0.486. The molecule has 2 rings (SSSR count). The maximum atomic E-state index is 12.1. The Bertz CT molecular complexity index is 598. The van der Waals surface area contributed by atoms with E-state index >= 15 is 0 Å². The topological polar surface area (TPSA) is 98.3 Å². The number of amides is 2. The van der Waals surface area contributed by atoms with Crippen LogP contribution in [0.2, 0.25) is 0 Å². The number of benzene rings is 1. The van der Waals surface area contributed by atoms with Crippen molar-refractivity contribution in [2.45, 2.75) is 12.6 Å². The Labute approximate surface area is 121 Å². The van der Waals surface area contributed by atoms with E-state index < -0.39 is 18.0 Å². The summed E-state index contributed by atoms with van der Waals surface area (Å²) in [6.07, 6.45) is 3.25. The zero-order chi connectivity index (χ0) is 15.2. The van der Waals surface area contributed by atoms with Crippen LogP contribution >= 0.6 is 0 Å². The average molecular weight is 288 g/mol. The average Bonchev–Trinajstić information content (AvgIpc) is 2.98. The highest BCUT2D eigenvalue weighted by molar-refractivity contribution is 5.83. The second kappa shape index (κ2) is 6.56. The molecule has 1 heterocycles. The molecule has 0 aliphatic heterocycles. The van der Waals surface area contributed by atoms with Crippen molar-refractivity contribution in [3.8, 4) is 0 Å². The number of aliphatic carboxylic acids is 1. The van der Waals surface area contributed by atoms with Gasteiger partial charge < -0.3 is 20.3 Å². The Hall–Kier alpha value is -2.83. The minimum absolute atomic E-state index is 0.264. The molecule has 0 aliphatic rings. The number of nitrogens with zero attached hydrogens (tertiary/aromatic N) is 2. The Balaban J connectivity index is 2.03. The first-order chi connectivity index (χ1) is 10.1. The standard InChI is InChI=1S/C14H16N4O3/c1-18(9-11-15-7-8-16-11)14(21)17-12(13(19)20)10-5-3-2-4-6-10/h2-8,12H,9H2,1H3,(H,15,16)(H,17,21)(H,19,20). The van der Waals surface area contributed by atoms with Gasteiger partial charge in [-0.15, -0.1) is 0 Å². The van der Waals surface area contributed by atoms with E-state index in [-0.39, 0.29) is 6.54 Å². The van der Waals surface area contributed by atoms with E-state index in [1.54, 1.807) is 49.8 Å². The number of aromatic nitrogens is 2. The van der Waals surface area contributed by atoms with Gasteiger partial charge in [0.1, 0.15) is 5.82 Å². The summed E-state index contributed by atoms with van der Waals surface area (Å²) in [5, 5.41) is 11.8. The van der Waals surface area contributed by atoms with Gasteiger partial charge in [-0.05, 0) is 5.56 Å². The van der Waals surface area contributed by atoms with E-state index in [4.69, 9.17) is 0 Å². The minimum Gasteiger partial charge on any atom is -0.479 e. The molecule has 1 aromatic carbocycles. The highest BCUT2D eigenvalue weighted by atomic mass is 16.4. The molecule has 1 unspecified atom stereocenters. The van der Waals surface area contributed by atoms with Crippen LogP contribution in [0.4, 0.5) is 4.79 Å². The van der Waals surface area contributed by atoms with Gasteiger partial charge in [0.25, 0.3) is 0 Å². The van der Waals surface area contributed by atoms with Crippen molar-refractivity contribution in [3.05, 3.63) is 54.1 Å². The van der Waals surface area contributed by atoms with Gasteiger partial charge in [-0.1, -0.05) is 30.3 Å². The zero-order valence-corrected chi connectivity index (χ0v) is 11.5. The summed E-state index contributed by atoms with van der Waals surface area (Å²) in [7, 11) is 1.57. The van der Waals surface area contributed by atoms with Crippen LogP contribution in [0.3, 0.4) is 0 Å². The minimum atomic E-state index is -1.11. The second-order valence-corrected chi connectivity index (χ2v) is 4.52. The highest BCUT2D eigenvalue weighted by Crippen LogP contribution is 2.13. The molecule has 0 radical (unpaired) electrons. The molecule has 0 fully saturated rings. The Kier molecular flexibility index (Phi) is 4.55. The Morgan fingerprint density at radius 3 is 2.67 bits per heavy atom. The van der Waals surface area contributed by atoms with E-state index in [9.17, 15) is 14.7 Å². The molecule has 7 heteroatoms. The first kappa shape index (κ1) is 14.6. The van der Waals surface area contributed by atoms with Crippen LogP contribution in [0, 0.1) is 0 Å². The van der Waals surface area contributed by atoms with Crippen LogP contribution < -0.4 is 5.32 Å². The van der Waals surface area contributed by atoms with Crippen molar-refractivity contribution >= 4 is 12.0 Å². The molecule has 2 aromatic rings. The van der Waals surface area contributed by atoms with Crippen molar-refractivity contribution in [3.63, 3.8) is 0 Å². The molecule has 0 saturated heterocycles. The molecule has 2 amide bonds. The maximum Gasteiger partial charge on any atom is 0.330 e. The molecule has 21 heavy (non-hydrogen) atoms. The third-order valence-corrected chi connectivity index (χ3v) is 2.94. The molecule has 1 aromatic heterocycles. The molecule has 110 valence electrons. The number of urea groups is 1. The predicted octanol–water partition coefficient (Wildman–Crippen LogP) is 1.38. The molecule has 1 atom stereocenters. The van der Waals surface area contributed by atoms with E-state index in [0.29, 0.717) is 11.4 Å². The Morgan fingerprint density at radius 1 is 1.38 bits per heavy atom. The van der Waals surface area contributed by atoms with Gasteiger partial charge in [0, 0.05) is 19.4 Å². The van der Waals surface area contributed by atoms with Crippen molar-refractivity contribution in [1.82, 2.24) is 20.2 Å². The van der Waals surface area contributed by atoms with Crippen LogP contribution in [0.15, 0.2) is 42.7 Å². The quantitative estimate of drug-likeness (QED) is 0.774. The van der Waals surface area contributed by atoms with Crippen LogP contribution in [0.1, 0.15) is 17.4 Å².